The minimum atomic E-state index is -0.0428. The van der Waals surface area contributed by atoms with Gasteiger partial charge in [-0.3, -0.25) is 9.69 Å². The number of rotatable bonds is 2. The van der Waals surface area contributed by atoms with E-state index in [1.165, 1.54) is 25.8 Å². The summed E-state index contributed by atoms with van der Waals surface area (Å²) in [6, 6.07) is 4.82. The summed E-state index contributed by atoms with van der Waals surface area (Å²) < 4.78 is 1.91. The normalized spacial score (nSPS) is 25.3. The summed E-state index contributed by atoms with van der Waals surface area (Å²) in [4.78, 5) is 19.5. The molecule has 2 aromatic heterocycles. The summed E-state index contributed by atoms with van der Waals surface area (Å²) in [5.74, 6) is -0.0428. The summed E-state index contributed by atoms with van der Waals surface area (Å²) in [6.45, 7) is 4.33. The number of hydrogen-bond donors (Lipinski definition) is 1. The van der Waals surface area contributed by atoms with E-state index in [2.05, 4.69) is 15.2 Å². The highest BCUT2D eigenvalue weighted by molar-refractivity contribution is 5.93. The highest BCUT2D eigenvalue weighted by Gasteiger charge is 2.36. The second-order valence-corrected chi connectivity index (χ2v) is 6.56. The van der Waals surface area contributed by atoms with Gasteiger partial charge in [-0.2, -0.15) is 0 Å². The molecule has 2 atom stereocenters. The van der Waals surface area contributed by atoms with E-state index in [9.17, 15) is 4.79 Å². The predicted octanol–water partition coefficient (Wildman–Crippen LogP) is 2.00. The van der Waals surface area contributed by atoms with E-state index in [1.54, 1.807) is 0 Å². The second-order valence-electron chi connectivity index (χ2n) is 6.56. The van der Waals surface area contributed by atoms with Gasteiger partial charge in [0.15, 0.2) is 0 Å². The van der Waals surface area contributed by atoms with Crippen LogP contribution in [-0.2, 0) is 0 Å². The molecule has 0 aliphatic carbocycles. The van der Waals surface area contributed by atoms with Crippen molar-refractivity contribution in [1.29, 1.82) is 0 Å². The lowest BCUT2D eigenvalue weighted by molar-refractivity contribution is 0.0911. The molecule has 0 spiro atoms. The van der Waals surface area contributed by atoms with Crippen LogP contribution in [0.1, 0.15) is 41.7 Å². The number of carbonyl (C=O) groups excluding carboxylic acids is 1. The fourth-order valence-corrected chi connectivity index (χ4v) is 3.85. The van der Waals surface area contributed by atoms with Crippen molar-refractivity contribution in [3.63, 3.8) is 0 Å². The predicted molar refractivity (Wildman–Crippen MR) is 85.0 cm³/mol. The Labute approximate surface area is 130 Å². The lowest BCUT2D eigenvalue weighted by Gasteiger charge is -2.32. The van der Waals surface area contributed by atoms with Crippen molar-refractivity contribution in [2.75, 3.05) is 13.1 Å². The van der Waals surface area contributed by atoms with Gasteiger partial charge in [0.25, 0.3) is 5.91 Å². The van der Waals surface area contributed by atoms with E-state index >= 15 is 0 Å². The number of nitrogens with zero attached hydrogens (tertiary/aromatic N) is 3. The third kappa shape index (κ3) is 2.39. The van der Waals surface area contributed by atoms with E-state index in [-0.39, 0.29) is 11.9 Å². The first-order valence-corrected chi connectivity index (χ1v) is 8.21. The zero-order valence-corrected chi connectivity index (χ0v) is 13.0. The lowest BCUT2D eigenvalue weighted by atomic mass is 9.99. The minimum absolute atomic E-state index is 0.0428. The largest absolute Gasteiger partial charge is 0.346 e. The number of pyridine rings is 1. The first kappa shape index (κ1) is 13.8. The van der Waals surface area contributed by atoms with Crippen molar-refractivity contribution in [3.8, 4) is 0 Å². The number of fused-ring (bicyclic) bond motifs is 2. The van der Waals surface area contributed by atoms with Gasteiger partial charge >= 0.3 is 0 Å². The molecule has 0 saturated carbocycles. The first-order valence-electron chi connectivity index (χ1n) is 8.21. The Balaban J connectivity index is 1.51. The van der Waals surface area contributed by atoms with Gasteiger partial charge in [0.1, 0.15) is 11.3 Å². The fourth-order valence-electron chi connectivity index (χ4n) is 3.85. The molecule has 2 aliphatic heterocycles. The Morgan fingerprint density at radius 2 is 2.23 bits per heavy atom. The van der Waals surface area contributed by atoms with E-state index in [4.69, 9.17) is 0 Å². The van der Waals surface area contributed by atoms with Crippen molar-refractivity contribution in [3.05, 3.63) is 35.8 Å². The van der Waals surface area contributed by atoms with Crippen LogP contribution in [0.3, 0.4) is 0 Å². The lowest BCUT2D eigenvalue weighted by Crippen LogP contribution is -2.46. The molecule has 0 bridgehead atoms. The molecule has 5 heteroatoms. The smallest absolute Gasteiger partial charge is 0.271 e. The molecule has 0 aromatic carbocycles. The van der Waals surface area contributed by atoms with Crippen molar-refractivity contribution >= 4 is 11.6 Å². The number of imidazole rings is 1. The van der Waals surface area contributed by atoms with Gasteiger partial charge in [0.2, 0.25) is 0 Å². The summed E-state index contributed by atoms with van der Waals surface area (Å²) >= 11 is 0. The number of aryl methyl sites for hydroxylation is 1. The Morgan fingerprint density at radius 3 is 3.14 bits per heavy atom. The van der Waals surface area contributed by atoms with Gasteiger partial charge < -0.3 is 9.72 Å². The molecule has 116 valence electrons. The van der Waals surface area contributed by atoms with Gasteiger partial charge in [-0.25, -0.2) is 4.98 Å². The van der Waals surface area contributed by atoms with Crippen molar-refractivity contribution in [2.24, 2.45) is 0 Å². The average molecular weight is 298 g/mol. The maximum absolute atomic E-state index is 12.5. The summed E-state index contributed by atoms with van der Waals surface area (Å²) in [5, 5.41) is 3.21. The van der Waals surface area contributed by atoms with Gasteiger partial charge in [-0.05, 0) is 50.4 Å². The number of carbonyl (C=O) groups is 1. The van der Waals surface area contributed by atoms with Crippen LogP contribution < -0.4 is 5.32 Å². The van der Waals surface area contributed by atoms with Crippen LogP contribution in [0.4, 0.5) is 0 Å². The Bertz CT molecular complexity index is 708. The highest BCUT2D eigenvalue weighted by atomic mass is 16.2. The first-order chi connectivity index (χ1) is 10.7. The van der Waals surface area contributed by atoms with Crippen molar-refractivity contribution < 1.29 is 4.79 Å². The number of hydrogen-bond acceptors (Lipinski definition) is 3. The van der Waals surface area contributed by atoms with Crippen LogP contribution in [0, 0.1) is 6.92 Å². The van der Waals surface area contributed by atoms with Gasteiger partial charge in [-0.15, -0.1) is 0 Å². The van der Waals surface area contributed by atoms with Crippen molar-refractivity contribution in [1.82, 2.24) is 19.6 Å². The van der Waals surface area contributed by atoms with Crippen LogP contribution in [0.15, 0.2) is 24.5 Å². The minimum Gasteiger partial charge on any atom is -0.346 e. The Morgan fingerprint density at radius 1 is 1.32 bits per heavy atom. The molecule has 2 aromatic rings. The van der Waals surface area contributed by atoms with Crippen LogP contribution in [0.25, 0.3) is 5.65 Å². The number of aromatic nitrogens is 2. The molecule has 5 nitrogen and oxygen atoms in total. The number of piperidine rings is 1. The van der Waals surface area contributed by atoms with E-state index in [1.807, 2.05) is 35.9 Å². The Kier molecular flexibility index (Phi) is 3.37. The number of amides is 1. The molecule has 1 amide bonds. The van der Waals surface area contributed by atoms with Crippen LogP contribution in [0.2, 0.25) is 0 Å². The number of nitrogens with one attached hydrogen (secondary N) is 1. The van der Waals surface area contributed by atoms with Gasteiger partial charge in [0, 0.05) is 31.0 Å². The maximum atomic E-state index is 12.5. The standard InChI is InChI=1S/C17H22N4O/c1-12-5-8-21-11-14(18-16(21)10-12)17(22)19-13-6-9-20-7-3-2-4-15(13)20/h5,8,10-11,13,15H,2-4,6-7,9H2,1H3,(H,19,22). The molecule has 2 aliphatic rings. The zero-order chi connectivity index (χ0) is 15.1. The molecule has 0 radical (unpaired) electrons. The highest BCUT2D eigenvalue weighted by Crippen LogP contribution is 2.27. The molecule has 2 fully saturated rings. The SMILES string of the molecule is Cc1ccn2cc(C(=O)NC3CCN4CCCCC34)nc2c1. The van der Waals surface area contributed by atoms with E-state index < -0.39 is 0 Å². The van der Waals surface area contributed by atoms with Crippen LogP contribution >= 0.6 is 0 Å². The fraction of sp³-hybridized carbons (Fsp3) is 0.529. The van der Waals surface area contributed by atoms with Gasteiger partial charge in [-0.1, -0.05) is 6.42 Å². The topological polar surface area (TPSA) is 49.6 Å². The monoisotopic (exact) mass is 298 g/mol. The second kappa shape index (κ2) is 5.39. The molecule has 2 saturated heterocycles. The van der Waals surface area contributed by atoms with E-state index in [0.717, 1.165) is 24.2 Å². The molecular weight excluding hydrogens is 276 g/mol. The maximum Gasteiger partial charge on any atom is 0.271 e. The molecular formula is C17H22N4O. The summed E-state index contributed by atoms with van der Waals surface area (Å²) in [5.41, 5.74) is 2.49. The summed E-state index contributed by atoms with van der Waals surface area (Å²) in [7, 11) is 0. The molecule has 2 unspecified atom stereocenters. The zero-order valence-electron chi connectivity index (χ0n) is 13.0. The van der Waals surface area contributed by atoms with Crippen LogP contribution in [0.5, 0.6) is 0 Å². The van der Waals surface area contributed by atoms with Crippen molar-refractivity contribution in [2.45, 2.75) is 44.7 Å². The quantitative estimate of drug-likeness (QED) is 0.922. The Hall–Kier alpha value is -1.88. The third-order valence-corrected chi connectivity index (χ3v) is 5.02. The van der Waals surface area contributed by atoms with E-state index in [0.29, 0.717) is 11.7 Å². The van der Waals surface area contributed by atoms with Gasteiger partial charge in [0.05, 0.1) is 0 Å². The molecule has 22 heavy (non-hydrogen) atoms. The van der Waals surface area contributed by atoms with Crippen LogP contribution in [-0.4, -0.2) is 45.4 Å². The summed E-state index contributed by atoms with van der Waals surface area (Å²) in [6.07, 6.45) is 8.60. The third-order valence-electron chi connectivity index (χ3n) is 5.02. The average Bonchev–Trinajstić information content (AvgIpc) is 3.11. The molecule has 4 rings (SSSR count). The molecule has 1 N–H and O–H groups in total. The molecule has 4 heterocycles.